The Bertz CT molecular complexity index is 642. The topological polar surface area (TPSA) is 46.5 Å². The second-order valence-corrected chi connectivity index (χ2v) is 5.68. The molecular formula is C17H18O3S. The standard InChI is InChI=1S/C17H18O3S/c1-3-8-20-13-6-7-15(12(2)10-13)16(17(18)19)11-14-5-4-9-21-14/h4-7,9-11H,3,8H2,1-2H3,(H,18,19)/b16-11-. The van der Waals surface area contributed by atoms with Gasteiger partial charge >= 0.3 is 5.97 Å². The number of benzene rings is 1. The monoisotopic (exact) mass is 302 g/mol. The molecule has 0 saturated heterocycles. The van der Waals surface area contributed by atoms with Crippen molar-refractivity contribution in [3.8, 4) is 5.75 Å². The Morgan fingerprint density at radius 1 is 1.38 bits per heavy atom. The highest BCUT2D eigenvalue weighted by atomic mass is 32.1. The molecule has 110 valence electrons. The van der Waals surface area contributed by atoms with Gasteiger partial charge in [-0.05, 0) is 54.1 Å². The van der Waals surface area contributed by atoms with Crippen LogP contribution in [0.1, 0.15) is 29.3 Å². The predicted molar refractivity (Wildman–Crippen MR) is 86.8 cm³/mol. The second kappa shape index (κ2) is 7.09. The highest BCUT2D eigenvalue weighted by Crippen LogP contribution is 2.26. The van der Waals surface area contributed by atoms with Crippen LogP contribution in [0.2, 0.25) is 0 Å². The molecule has 0 saturated carbocycles. The van der Waals surface area contributed by atoms with E-state index in [1.54, 1.807) is 6.08 Å². The number of hydrogen-bond acceptors (Lipinski definition) is 3. The third-order valence-electron chi connectivity index (χ3n) is 3.02. The summed E-state index contributed by atoms with van der Waals surface area (Å²) >= 11 is 1.52. The molecule has 0 aliphatic rings. The van der Waals surface area contributed by atoms with Gasteiger partial charge in [-0.2, -0.15) is 0 Å². The van der Waals surface area contributed by atoms with Crippen LogP contribution in [0.15, 0.2) is 35.7 Å². The predicted octanol–water partition coefficient (Wildman–Crippen LogP) is 4.47. The van der Waals surface area contributed by atoms with Gasteiger partial charge in [0.15, 0.2) is 0 Å². The molecule has 0 radical (unpaired) electrons. The van der Waals surface area contributed by atoms with Gasteiger partial charge in [0, 0.05) is 4.88 Å². The van der Waals surface area contributed by atoms with Crippen LogP contribution >= 0.6 is 11.3 Å². The van der Waals surface area contributed by atoms with Crippen LogP contribution < -0.4 is 4.74 Å². The molecule has 21 heavy (non-hydrogen) atoms. The Kier molecular flexibility index (Phi) is 5.17. The fourth-order valence-corrected chi connectivity index (χ4v) is 2.68. The summed E-state index contributed by atoms with van der Waals surface area (Å²) in [4.78, 5) is 12.5. The van der Waals surface area contributed by atoms with E-state index < -0.39 is 5.97 Å². The largest absolute Gasteiger partial charge is 0.494 e. The van der Waals surface area contributed by atoms with Crippen LogP contribution in [0.4, 0.5) is 0 Å². The van der Waals surface area contributed by atoms with E-state index in [0.29, 0.717) is 12.2 Å². The maximum Gasteiger partial charge on any atom is 0.336 e. The number of carbonyl (C=O) groups is 1. The average molecular weight is 302 g/mol. The smallest absolute Gasteiger partial charge is 0.336 e. The van der Waals surface area contributed by atoms with Crippen LogP contribution in [0.5, 0.6) is 5.75 Å². The number of carboxylic acids is 1. The molecule has 1 N–H and O–H groups in total. The zero-order valence-corrected chi connectivity index (χ0v) is 12.9. The molecule has 0 unspecified atom stereocenters. The first-order valence-electron chi connectivity index (χ1n) is 6.84. The van der Waals surface area contributed by atoms with Crippen molar-refractivity contribution in [2.75, 3.05) is 6.61 Å². The van der Waals surface area contributed by atoms with E-state index in [0.717, 1.165) is 28.2 Å². The van der Waals surface area contributed by atoms with Gasteiger partial charge in [-0.25, -0.2) is 4.79 Å². The van der Waals surface area contributed by atoms with Gasteiger partial charge < -0.3 is 9.84 Å². The third kappa shape index (κ3) is 3.95. The number of carboxylic acid groups (broad SMARTS) is 1. The first-order valence-corrected chi connectivity index (χ1v) is 7.72. The summed E-state index contributed by atoms with van der Waals surface area (Å²) in [5.74, 6) is -0.146. The van der Waals surface area contributed by atoms with Crippen LogP contribution in [-0.4, -0.2) is 17.7 Å². The van der Waals surface area contributed by atoms with Crippen molar-refractivity contribution in [3.63, 3.8) is 0 Å². The van der Waals surface area contributed by atoms with E-state index in [-0.39, 0.29) is 0 Å². The minimum Gasteiger partial charge on any atom is -0.494 e. The quantitative estimate of drug-likeness (QED) is 0.801. The number of aryl methyl sites for hydroxylation is 1. The van der Waals surface area contributed by atoms with Crippen LogP contribution in [0.25, 0.3) is 11.6 Å². The van der Waals surface area contributed by atoms with Crippen LogP contribution in [0.3, 0.4) is 0 Å². The first-order chi connectivity index (χ1) is 10.1. The summed E-state index contributed by atoms with van der Waals surface area (Å²) in [5, 5.41) is 11.4. The van der Waals surface area contributed by atoms with Gasteiger partial charge in [0.2, 0.25) is 0 Å². The Labute approximate surface area is 128 Å². The van der Waals surface area contributed by atoms with E-state index in [1.165, 1.54) is 11.3 Å². The van der Waals surface area contributed by atoms with Gasteiger partial charge in [-0.1, -0.05) is 19.1 Å². The summed E-state index contributed by atoms with van der Waals surface area (Å²) in [7, 11) is 0. The van der Waals surface area contributed by atoms with Crippen molar-refractivity contribution in [2.24, 2.45) is 0 Å². The number of rotatable bonds is 6. The zero-order chi connectivity index (χ0) is 15.2. The van der Waals surface area contributed by atoms with Crippen LogP contribution in [-0.2, 0) is 4.79 Å². The number of hydrogen-bond donors (Lipinski definition) is 1. The highest BCUT2D eigenvalue weighted by Gasteiger charge is 2.14. The molecule has 0 amide bonds. The van der Waals surface area contributed by atoms with E-state index >= 15 is 0 Å². The summed E-state index contributed by atoms with van der Waals surface area (Å²) in [6.45, 7) is 4.61. The summed E-state index contributed by atoms with van der Waals surface area (Å²) in [6, 6.07) is 9.33. The van der Waals surface area contributed by atoms with Gasteiger partial charge in [0.05, 0.1) is 12.2 Å². The molecule has 2 aromatic rings. The molecule has 0 atom stereocenters. The van der Waals surface area contributed by atoms with E-state index in [9.17, 15) is 9.90 Å². The maximum absolute atomic E-state index is 11.5. The molecule has 0 aliphatic carbocycles. The second-order valence-electron chi connectivity index (χ2n) is 4.70. The van der Waals surface area contributed by atoms with Gasteiger partial charge in [-0.15, -0.1) is 11.3 Å². The summed E-state index contributed by atoms with van der Waals surface area (Å²) in [5.41, 5.74) is 1.92. The van der Waals surface area contributed by atoms with E-state index in [4.69, 9.17) is 4.74 Å². The third-order valence-corrected chi connectivity index (χ3v) is 3.84. The summed E-state index contributed by atoms with van der Waals surface area (Å²) in [6.07, 6.45) is 2.65. The molecule has 3 nitrogen and oxygen atoms in total. The fraction of sp³-hybridized carbons (Fsp3) is 0.235. The van der Waals surface area contributed by atoms with E-state index in [2.05, 4.69) is 0 Å². The molecule has 4 heteroatoms. The van der Waals surface area contributed by atoms with Crippen molar-refractivity contribution in [2.45, 2.75) is 20.3 Å². The lowest BCUT2D eigenvalue weighted by atomic mass is 9.99. The van der Waals surface area contributed by atoms with Gasteiger partial charge in [-0.3, -0.25) is 0 Å². The number of ether oxygens (including phenoxy) is 1. The van der Waals surface area contributed by atoms with E-state index in [1.807, 2.05) is 49.6 Å². The normalized spacial score (nSPS) is 11.4. The molecule has 1 aromatic heterocycles. The highest BCUT2D eigenvalue weighted by molar-refractivity contribution is 7.11. The van der Waals surface area contributed by atoms with Crippen molar-refractivity contribution >= 4 is 29.0 Å². The Morgan fingerprint density at radius 2 is 2.19 bits per heavy atom. The van der Waals surface area contributed by atoms with Crippen molar-refractivity contribution < 1.29 is 14.6 Å². The average Bonchev–Trinajstić information content (AvgIpc) is 2.96. The zero-order valence-electron chi connectivity index (χ0n) is 12.1. The minimum absolute atomic E-state index is 0.303. The Hall–Kier alpha value is -2.07. The molecular weight excluding hydrogens is 284 g/mol. The SMILES string of the molecule is CCCOc1ccc(/C(=C/c2cccs2)C(=O)O)c(C)c1. The van der Waals surface area contributed by atoms with Crippen molar-refractivity contribution in [1.82, 2.24) is 0 Å². The molecule has 0 aliphatic heterocycles. The molecule has 0 bridgehead atoms. The van der Waals surface area contributed by atoms with Crippen molar-refractivity contribution in [1.29, 1.82) is 0 Å². The lowest BCUT2D eigenvalue weighted by Crippen LogP contribution is -2.02. The Balaban J connectivity index is 2.35. The first kappa shape index (κ1) is 15.3. The van der Waals surface area contributed by atoms with Gasteiger partial charge in [0.1, 0.15) is 5.75 Å². The maximum atomic E-state index is 11.5. The summed E-state index contributed by atoms with van der Waals surface area (Å²) < 4.78 is 5.57. The number of thiophene rings is 1. The number of aliphatic carboxylic acids is 1. The molecule has 0 fully saturated rings. The fourth-order valence-electron chi connectivity index (χ4n) is 2.02. The minimum atomic E-state index is -0.922. The van der Waals surface area contributed by atoms with Crippen molar-refractivity contribution in [3.05, 3.63) is 51.7 Å². The molecule has 1 heterocycles. The van der Waals surface area contributed by atoms with Crippen LogP contribution in [0, 0.1) is 6.92 Å². The lowest BCUT2D eigenvalue weighted by molar-refractivity contribution is -0.130. The van der Waals surface area contributed by atoms with Gasteiger partial charge in [0.25, 0.3) is 0 Å². The molecule has 1 aromatic carbocycles. The molecule has 0 spiro atoms. The Morgan fingerprint density at radius 3 is 2.76 bits per heavy atom. The molecule has 2 rings (SSSR count). The lowest BCUT2D eigenvalue weighted by Gasteiger charge is -2.10.